The van der Waals surface area contributed by atoms with Gasteiger partial charge in [0.1, 0.15) is 0 Å². The van der Waals surface area contributed by atoms with E-state index in [0.717, 1.165) is 0 Å². The van der Waals surface area contributed by atoms with E-state index in [2.05, 4.69) is 0 Å². The molecule has 0 spiro atoms. The molecule has 140 valence electrons. The summed E-state index contributed by atoms with van der Waals surface area (Å²) in [6, 6.07) is 7.95. The molecule has 2 aromatic heterocycles. The highest BCUT2D eigenvalue weighted by Crippen LogP contribution is 2.27. The maximum absolute atomic E-state index is 12.4. The number of ether oxygens (including phenoxy) is 1. The molecule has 0 bridgehead atoms. The number of methoxy groups -OCH3 is 1. The Bertz CT molecular complexity index is 1040. The van der Waals surface area contributed by atoms with Crippen molar-refractivity contribution in [3.63, 3.8) is 0 Å². The number of aromatic nitrogens is 1. The van der Waals surface area contributed by atoms with Crippen molar-refractivity contribution in [1.29, 1.82) is 0 Å². The minimum absolute atomic E-state index is 0.118. The fraction of sp³-hybridized carbons (Fsp3) is 0.316. The van der Waals surface area contributed by atoms with Crippen molar-refractivity contribution in [2.45, 2.75) is 18.9 Å². The third kappa shape index (κ3) is 3.03. The summed E-state index contributed by atoms with van der Waals surface area (Å²) in [7, 11) is 1.31. The van der Waals surface area contributed by atoms with Gasteiger partial charge < -0.3 is 18.5 Å². The zero-order valence-electron chi connectivity index (χ0n) is 14.7. The molecule has 1 aliphatic rings. The summed E-state index contributed by atoms with van der Waals surface area (Å²) < 4.78 is 16.8. The zero-order valence-corrected chi connectivity index (χ0v) is 14.7. The van der Waals surface area contributed by atoms with Gasteiger partial charge in [-0.15, -0.1) is 0 Å². The molecule has 1 amide bonds. The number of benzene rings is 1. The number of carbonyl (C=O) groups excluding carboxylic acids is 2. The minimum atomic E-state index is -0.476. The van der Waals surface area contributed by atoms with Crippen LogP contribution in [0.4, 0.5) is 0 Å². The van der Waals surface area contributed by atoms with Gasteiger partial charge in [-0.05, 0) is 43.2 Å². The summed E-state index contributed by atoms with van der Waals surface area (Å²) in [4.78, 5) is 38.3. The van der Waals surface area contributed by atoms with Crippen LogP contribution in [0.5, 0.6) is 0 Å². The molecule has 1 fully saturated rings. The largest absolute Gasteiger partial charge is 0.465 e. The van der Waals surface area contributed by atoms with Crippen LogP contribution in [-0.2, 0) is 4.74 Å². The molecule has 8 nitrogen and oxygen atoms in total. The molecule has 0 atom stereocenters. The highest BCUT2D eigenvalue weighted by atomic mass is 16.5. The third-order valence-electron chi connectivity index (χ3n) is 4.88. The number of amides is 1. The van der Waals surface area contributed by atoms with Gasteiger partial charge in [0.15, 0.2) is 11.3 Å². The lowest BCUT2D eigenvalue weighted by Crippen LogP contribution is -2.40. The second kappa shape index (κ2) is 6.79. The summed E-state index contributed by atoms with van der Waals surface area (Å²) in [6.07, 6.45) is 2.67. The Morgan fingerprint density at radius 1 is 1.19 bits per heavy atom. The molecular weight excluding hydrogens is 352 g/mol. The van der Waals surface area contributed by atoms with E-state index in [9.17, 15) is 14.4 Å². The van der Waals surface area contributed by atoms with Gasteiger partial charge in [0.2, 0.25) is 0 Å². The average Bonchev–Trinajstić information content (AvgIpc) is 3.33. The highest BCUT2D eigenvalue weighted by molar-refractivity contribution is 5.93. The topological polar surface area (TPSA) is 94.9 Å². The number of hydrogen-bond donors (Lipinski definition) is 0. The molecule has 3 aromatic rings. The highest BCUT2D eigenvalue weighted by Gasteiger charge is 2.28. The second-order valence-electron chi connectivity index (χ2n) is 6.41. The standard InChI is InChI=1S/C19H18N2O6/c1-25-18(23)12-4-5-15-14(11-12)21(19(24)27-15)13-6-8-20(9-7-13)17(22)16-3-2-10-26-16/h2-5,10-11,13H,6-9H2,1H3. The van der Waals surface area contributed by atoms with Gasteiger partial charge in [-0.25, -0.2) is 9.59 Å². The Morgan fingerprint density at radius 2 is 1.96 bits per heavy atom. The van der Waals surface area contributed by atoms with Gasteiger partial charge in [0.05, 0.1) is 24.5 Å². The number of hydrogen-bond acceptors (Lipinski definition) is 6. The van der Waals surface area contributed by atoms with Crippen LogP contribution in [0.2, 0.25) is 0 Å². The van der Waals surface area contributed by atoms with Crippen molar-refractivity contribution < 1.29 is 23.2 Å². The van der Waals surface area contributed by atoms with E-state index in [4.69, 9.17) is 13.6 Å². The molecule has 1 aromatic carbocycles. The normalized spacial score (nSPS) is 15.2. The van der Waals surface area contributed by atoms with Crippen molar-refractivity contribution in [3.05, 3.63) is 58.5 Å². The maximum Gasteiger partial charge on any atom is 0.420 e. The Hall–Kier alpha value is -3.29. The fourth-order valence-corrected chi connectivity index (χ4v) is 3.51. The number of nitrogens with zero attached hydrogens (tertiary/aromatic N) is 2. The van der Waals surface area contributed by atoms with Crippen LogP contribution in [0.1, 0.15) is 39.8 Å². The number of furan rings is 1. The first-order chi connectivity index (χ1) is 13.1. The lowest BCUT2D eigenvalue weighted by molar-refractivity contribution is 0.0599. The van der Waals surface area contributed by atoms with Crippen molar-refractivity contribution in [2.75, 3.05) is 20.2 Å². The lowest BCUT2D eigenvalue weighted by Gasteiger charge is -2.31. The van der Waals surface area contributed by atoms with Gasteiger partial charge in [-0.2, -0.15) is 0 Å². The van der Waals surface area contributed by atoms with Gasteiger partial charge in [-0.3, -0.25) is 9.36 Å². The van der Waals surface area contributed by atoms with E-state index in [-0.39, 0.29) is 11.9 Å². The van der Waals surface area contributed by atoms with Gasteiger partial charge in [0.25, 0.3) is 5.91 Å². The lowest BCUT2D eigenvalue weighted by atomic mass is 10.0. The maximum atomic E-state index is 12.4. The summed E-state index contributed by atoms with van der Waals surface area (Å²) in [5, 5.41) is 0. The first-order valence-electron chi connectivity index (χ1n) is 8.64. The van der Waals surface area contributed by atoms with Gasteiger partial charge in [-0.1, -0.05) is 0 Å². The molecule has 0 saturated carbocycles. The molecule has 1 saturated heterocycles. The first-order valence-corrected chi connectivity index (χ1v) is 8.64. The van der Waals surface area contributed by atoms with Crippen LogP contribution < -0.4 is 5.76 Å². The van der Waals surface area contributed by atoms with Crippen LogP contribution in [-0.4, -0.2) is 41.5 Å². The predicted octanol–water partition coefficient (Wildman–Crippen LogP) is 2.45. The number of piperidine rings is 1. The summed E-state index contributed by atoms with van der Waals surface area (Å²) in [5.41, 5.74) is 1.32. The Morgan fingerprint density at radius 3 is 2.63 bits per heavy atom. The van der Waals surface area contributed by atoms with Crippen LogP contribution in [0, 0.1) is 0 Å². The average molecular weight is 370 g/mol. The van der Waals surface area contributed by atoms with E-state index in [0.29, 0.717) is 48.4 Å². The van der Waals surface area contributed by atoms with Crippen LogP contribution >= 0.6 is 0 Å². The molecule has 0 radical (unpaired) electrons. The Balaban J connectivity index is 1.58. The van der Waals surface area contributed by atoms with Crippen LogP contribution in [0.25, 0.3) is 11.1 Å². The van der Waals surface area contributed by atoms with E-state index >= 15 is 0 Å². The summed E-state index contributed by atoms with van der Waals surface area (Å²) in [5.74, 6) is -0.795. The molecule has 0 unspecified atom stereocenters. The molecule has 3 heterocycles. The molecule has 1 aliphatic heterocycles. The summed E-state index contributed by atoms with van der Waals surface area (Å²) in [6.45, 7) is 1.00. The second-order valence-corrected chi connectivity index (χ2v) is 6.41. The van der Waals surface area contributed by atoms with Gasteiger partial charge >= 0.3 is 11.7 Å². The van der Waals surface area contributed by atoms with E-state index in [1.54, 1.807) is 39.8 Å². The third-order valence-corrected chi connectivity index (χ3v) is 4.88. The van der Waals surface area contributed by atoms with Gasteiger partial charge in [0, 0.05) is 19.1 Å². The molecule has 4 rings (SSSR count). The van der Waals surface area contributed by atoms with Crippen LogP contribution in [0.3, 0.4) is 0 Å². The smallest absolute Gasteiger partial charge is 0.420 e. The van der Waals surface area contributed by atoms with Crippen molar-refractivity contribution in [3.8, 4) is 0 Å². The Kier molecular flexibility index (Phi) is 4.31. The minimum Gasteiger partial charge on any atom is -0.465 e. The number of fused-ring (bicyclic) bond motifs is 1. The van der Waals surface area contributed by atoms with E-state index in [1.165, 1.54) is 13.4 Å². The predicted molar refractivity (Wildman–Crippen MR) is 94.7 cm³/mol. The molecular formula is C19H18N2O6. The number of rotatable bonds is 3. The van der Waals surface area contributed by atoms with Crippen molar-refractivity contribution in [1.82, 2.24) is 9.47 Å². The number of carbonyl (C=O) groups is 2. The summed E-state index contributed by atoms with van der Waals surface area (Å²) >= 11 is 0. The Labute approximate surface area is 153 Å². The number of oxazole rings is 1. The monoisotopic (exact) mass is 370 g/mol. The van der Waals surface area contributed by atoms with Crippen molar-refractivity contribution in [2.24, 2.45) is 0 Å². The number of likely N-dealkylation sites (tertiary alicyclic amines) is 1. The van der Waals surface area contributed by atoms with Crippen molar-refractivity contribution >= 4 is 23.0 Å². The zero-order chi connectivity index (χ0) is 19.0. The SMILES string of the molecule is COC(=O)c1ccc2oc(=O)n(C3CCN(C(=O)c4ccco4)CC3)c2c1. The molecule has 0 aliphatic carbocycles. The first kappa shape index (κ1) is 17.1. The number of esters is 1. The molecule has 8 heteroatoms. The molecule has 0 N–H and O–H groups in total. The van der Waals surface area contributed by atoms with E-state index < -0.39 is 11.7 Å². The van der Waals surface area contributed by atoms with Crippen LogP contribution in [0.15, 0.2) is 50.2 Å². The fourth-order valence-electron chi connectivity index (χ4n) is 3.51. The van der Waals surface area contributed by atoms with E-state index in [1.807, 2.05) is 0 Å². The molecule has 27 heavy (non-hydrogen) atoms. The quantitative estimate of drug-likeness (QED) is 0.657.